The van der Waals surface area contributed by atoms with Gasteiger partial charge in [0.2, 0.25) is 0 Å². The number of halogens is 3. The van der Waals surface area contributed by atoms with E-state index in [0.717, 1.165) is 17.7 Å². The molecule has 4 heteroatoms. The van der Waals surface area contributed by atoms with Crippen molar-refractivity contribution >= 4 is 24.0 Å². The topological polar surface area (TPSA) is 3.24 Å². The van der Waals surface area contributed by atoms with Crippen LogP contribution in [0.3, 0.4) is 0 Å². The predicted octanol–water partition coefficient (Wildman–Crippen LogP) is 4.63. The highest BCUT2D eigenvalue weighted by molar-refractivity contribution is 6.31. The van der Waals surface area contributed by atoms with Crippen LogP contribution in [0, 0.1) is 5.82 Å². The first-order valence-electron chi connectivity index (χ1n) is 5.76. The number of nitrogens with zero attached hydrogens (tertiary/aromatic N) is 1. The maximum Gasteiger partial charge on any atom is 0.141 e. The molecular weight excluding hydrogens is 284 g/mol. The van der Waals surface area contributed by atoms with Crippen LogP contribution in [0.1, 0.15) is 5.56 Å². The molecule has 1 nitrogen and oxygen atoms in total. The molecule has 0 radical (unpaired) electrons. The molecule has 0 aliphatic rings. The van der Waals surface area contributed by atoms with Crippen LogP contribution in [0.4, 0.5) is 4.39 Å². The van der Waals surface area contributed by atoms with E-state index in [1.54, 1.807) is 12.1 Å². The Labute approximate surface area is 124 Å². The Morgan fingerprint density at radius 3 is 2.42 bits per heavy atom. The third kappa shape index (κ3) is 3.93. The summed E-state index contributed by atoms with van der Waals surface area (Å²) in [5.74, 6) is -0.384. The second-order valence-electron chi connectivity index (χ2n) is 4.52. The van der Waals surface area contributed by atoms with Crippen molar-refractivity contribution in [2.75, 3.05) is 14.1 Å². The summed E-state index contributed by atoms with van der Waals surface area (Å²) in [5.41, 5.74) is 3.23. The first-order valence-corrected chi connectivity index (χ1v) is 6.14. The van der Waals surface area contributed by atoms with Gasteiger partial charge in [0.05, 0.1) is 5.02 Å². The predicted molar refractivity (Wildman–Crippen MR) is 81.5 cm³/mol. The van der Waals surface area contributed by atoms with Crippen LogP contribution in [0.2, 0.25) is 5.02 Å². The first-order chi connectivity index (χ1) is 8.58. The molecule has 0 atom stereocenters. The smallest absolute Gasteiger partial charge is 0.141 e. The molecule has 2 aromatic carbocycles. The van der Waals surface area contributed by atoms with Gasteiger partial charge in [0, 0.05) is 6.54 Å². The lowest BCUT2D eigenvalue weighted by molar-refractivity contribution is 0.403. The van der Waals surface area contributed by atoms with Gasteiger partial charge >= 0.3 is 0 Å². The minimum Gasteiger partial charge on any atom is -0.305 e. The molecule has 0 N–H and O–H groups in total. The fourth-order valence-corrected chi connectivity index (χ4v) is 2.12. The molecule has 0 heterocycles. The van der Waals surface area contributed by atoms with Gasteiger partial charge in [0.1, 0.15) is 5.82 Å². The zero-order valence-corrected chi connectivity index (χ0v) is 12.4. The van der Waals surface area contributed by atoms with Crippen molar-refractivity contribution in [3.8, 4) is 11.1 Å². The molecule has 102 valence electrons. The van der Waals surface area contributed by atoms with E-state index in [1.807, 2.05) is 32.3 Å². The van der Waals surface area contributed by atoms with Crippen LogP contribution < -0.4 is 0 Å². The number of rotatable bonds is 3. The monoisotopic (exact) mass is 299 g/mol. The first kappa shape index (κ1) is 16.0. The Bertz CT molecular complexity index is 556. The number of hydrogen-bond acceptors (Lipinski definition) is 1. The van der Waals surface area contributed by atoms with Crippen molar-refractivity contribution in [1.82, 2.24) is 4.90 Å². The van der Waals surface area contributed by atoms with Crippen molar-refractivity contribution < 1.29 is 4.39 Å². The molecule has 19 heavy (non-hydrogen) atoms. The molecule has 0 saturated carbocycles. The van der Waals surface area contributed by atoms with Gasteiger partial charge in [-0.3, -0.25) is 0 Å². The highest BCUT2D eigenvalue weighted by Gasteiger charge is 2.07. The summed E-state index contributed by atoms with van der Waals surface area (Å²) in [5, 5.41) is 0.159. The van der Waals surface area contributed by atoms with E-state index in [-0.39, 0.29) is 23.2 Å². The fraction of sp³-hybridized carbons (Fsp3) is 0.200. The largest absolute Gasteiger partial charge is 0.305 e. The molecule has 0 fully saturated rings. The van der Waals surface area contributed by atoms with Crippen LogP contribution in [0.25, 0.3) is 11.1 Å². The van der Waals surface area contributed by atoms with Crippen molar-refractivity contribution in [2.24, 2.45) is 0 Å². The average molecular weight is 300 g/mol. The summed E-state index contributed by atoms with van der Waals surface area (Å²) in [6, 6.07) is 12.9. The molecule has 0 aliphatic heterocycles. The van der Waals surface area contributed by atoms with E-state index in [4.69, 9.17) is 11.6 Å². The minimum absolute atomic E-state index is 0. The van der Waals surface area contributed by atoms with Gasteiger partial charge in [-0.15, -0.1) is 12.4 Å². The summed E-state index contributed by atoms with van der Waals surface area (Å²) < 4.78 is 13.2. The molecule has 0 aliphatic carbocycles. The third-order valence-corrected chi connectivity index (χ3v) is 3.02. The Morgan fingerprint density at radius 1 is 1.11 bits per heavy atom. The fourth-order valence-electron chi connectivity index (χ4n) is 1.94. The molecule has 2 rings (SSSR count). The van der Waals surface area contributed by atoms with Crippen LogP contribution in [-0.4, -0.2) is 19.0 Å². The van der Waals surface area contributed by atoms with Crippen molar-refractivity contribution in [3.63, 3.8) is 0 Å². The maximum atomic E-state index is 13.2. The van der Waals surface area contributed by atoms with E-state index >= 15 is 0 Å². The highest BCUT2D eigenvalue weighted by Crippen LogP contribution is 2.28. The van der Waals surface area contributed by atoms with Gasteiger partial charge in [0.25, 0.3) is 0 Å². The Balaban J connectivity index is 0.00000180. The summed E-state index contributed by atoms with van der Waals surface area (Å²) in [7, 11) is 4.04. The third-order valence-electron chi connectivity index (χ3n) is 2.73. The minimum atomic E-state index is -0.384. The van der Waals surface area contributed by atoms with Gasteiger partial charge in [-0.25, -0.2) is 4.39 Å². The quantitative estimate of drug-likeness (QED) is 0.799. The molecule has 0 spiro atoms. The van der Waals surface area contributed by atoms with Gasteiger partial charge in [-0.2, -0.15) is 0 Å². The molecule has 2 aromatic rings. The number of hydrogen-bond donors (Lipinski definition) is 0. The van der Waals surface area contributed by atoms with Gasteiger partial charge in [0.15, 0.2) is 0 Å². The van der Waals surface area contributed by atoms with E-state index in [1.165, 1.54) is 11.6 Å². The molecule has 0 bridgehead atoms. The van der Waals surface area contributed by atoms with E-state index in [2.05, 4.69) is 11.0 Å². The molecule has 0 unspecified atom stereocenters. The van der Waals surface area contributed by atoms with Gasteiger partial charge < -0.3 is 4.90 Å². The molecule has 0 aromatic heterocycles. The standard InChI is InChI=1S/C15H15ClFN.ClH/c1-18(2)10-12-5-3-4-6-13(12)11-7-8-15(17)14(16)9-11;/h3-9H,10H2,1-2H3;1H. The van der Waals surface area contributed by atoms with E-state index < -0.39 is 0 Å². The van der Waals surface area contributed by atoms with Crippen molar-refractivity contribution in [1.29, 1.82) is 0 Å². The SMILES string of the molecule is CN(C)Cc1ccccc1-c1ccc(F)c(Cl)c1.Cl. The van der Waals surface area contributed by atoms with Crippen LogP contribution >= 0.6 is 24.0 Å². The molecule has 0 saturated heterocycles. The zero-order valence-electron chi connectivity index (χ0n) is 10.9. The Hall–Kier alpha value is -1.09. The van der Waals surface area contributed by atoms with Crippen molar-refractivity contribution in [3.05, 3.63) is 58.9 Å². The lowest BCUT2D eigenvalue weighted by atomic mass is 9.99. The van der Waals surface area contributed by atoms with Gasteiger partial charge in [-0.1, -0.05) is 41.9 Å². The summed E-state index contributed by atoms with van der Waals surface area (Å²) in [6.45, 7) is 0.838. The Morgan fingerprint density at radius 2 is 1.79 bits per heavy atom. The lowest BCUT2D eigenvalue weighted by Gasteiger charge is -2.14. The number of benzene rings is 2. The second-order valence-corrected chi connectivity index (χ2v) is 4.93. The molecule has 0 amide bonds. The average Bonchev–Trinajstić information content (AvgIpc) is 2.33. The lowest BCUT2D eigenvalue weighted by Crippen LogP contribution is -2.11. The van der Waals surface area contributed by atoms with E-state index in [9.17, 15) is 4.39 Å². The van der Waals surface area contributed by atoms with Crippen LogP contribution in [0.5, 0.6) is 0 Å². The van der Waals surface area contributed by atoms with Gasteiger partial charge in [-0.05, 0) is 42.9 Å². The summed E-state index contributed by atoms with van der Waals surface area (Å²) in [6.07, 6.45) is 0. The van der Waals surface area contributed by atoms with Crippen LogP contribution in [0.15, 0.2) is 42.5 Å². The zero-order chi connectivity index (χ0) is 13.1. The maximum absolute atomic E-state index is 13.2. The van der Waals surface area contributed by atoms with E-state index in [0.29, 0.717) is 0 Å². The van der Waals surface area contributed by atoms with Crippen molar-refractivity contribution in [2.45, 2.75) is 6.54 Å². The highest BCUT2D eigenvalue weighted by atomic mass is 35.5. The summed E-state index contributed by atoms with van der Waals surface area (Å²) >= 11 is 5.84. The summed E-state index contributed by atoms with van der Waals surface area (Å²) in [4.78, 5) is 2.10. The van der Waals surface area contributed by atoms with Crippen LogP contribution in [-0.2, 0) is 6.54 Å². The normalized spacial score (nSPS) is 10.4. The second kappa shape index (κ2) is 6.90. The molecular formula is C15H16Cl2FN. The Kier molecular flexibility index (Phi) is 5.80.